The normalized spacial score (nSPS) is 17.8. The first-order chi connectivity index (χ1) is 25.5. The second-order valence-corrected chi connectivity index (χ2v) is 20.2. The van der Waals surface area contributed by atoms with E-state index in [9.17, 15) is 4.79 Å². The van der Waals surface area contributed by atoms with Gasteiger partial charge in [-0.3, -0.25) is 4.79 Å². The fraction of sp³-hybridized carbons (Fsp3) is 0.171. The molecule has 4 aromatic rings. The van der Waals surface area contributed by atoms with Crippen molar-refractivity contribution >= 4 is 152 Å². The van der Waals surface area contributed by atoms with Crippen molar-refractivity contribution in [3.8, 4) is 34.5 Å². The van der Waals surface area contributed by atoms with Crippen molar-refractivity contribution < 1.29 is 52.0 Å². The van der Waals surface area contributed by atoms with Crippen molar-refractivity contribution in [2.24, 2.45) is 0 Å². The van der Waals surface area contributed by atoms with Crippen molar-refractivity contribution in [2.75, 3.05) is 0 Å². The van der Waals surface area contributed by atoms with Crippen LogP contribution < -0.4 is 27.1 Å². The van der Waals surface area contributed by atoms with Gasteiger partial charge in [0.2, 0.25) is 0 Å². The Hall–Kier alpha value is -0.481. The number of Topliss-reactive ketones (excluding diaryl/α,β-unsaturated/α-hetero) is 1. The summed E-state index contributed by atoms with van der Waals surface area (Å²) in [6.45, 7) is 12.8. The molecule has 3 heterocycles. The van der Waals surface area contributed by atoms with E-state index < -0.39 is 7.31 Å². The zero-order valence-corrected chi connectivity index (χ0v) is 41.3. The average Bonchev–Trinajstić information content (AvgIpc) is 3.82. The Bertz CT molecular complexity index is 2090. The summed E-state index contributed by atoms with van der Waals surface area (Å²) >= 11 is 75.9. The van der Waals surface area contributed by atoms with Gasteiger partial charge in [0.15, 0.2) is 5.78 Å². The van der Waals surface area contributed by atoms with E-state index in [0.29, 0.717) is 0 Å². The van der Waals surface area contributed by atoms with Crippen LogP contribution in [0.5, 0.6) is 34.5 Å². The summed E-state index contributed by atoms with van der Waals surface area (Å²) in [5, 5.41) is -2.92. The molecule has 7 nitrogen and oxygen atoms in total. The standard InChI is InChI=1S/C18Cl12O6P.C10H15.C7H7O.Ir/c19-1-2(20)8(26)14-13(7(1)25)31-37(32-14,33-15-9(27)3(21)4(22)10(28)16(15)34-37)35-17-11(29)5(23)6(24)12(30)18(17)36-37;1-6-7(2)9(4)10(5)8(6)3;1-6-4-2-3-5-7(6)8;/h;1-5H3;2-5H,1H3;/q2*-1;;. The molecule has 304 valence electrons. The summed E-state index contributed by atoms with van der Waals surface area (Å²) in [4.78, 5) is 10.6. The van der Waals surface area contributed by atoms with Crippen LogP contribution in [-0.4, -0.2) is 5.78 Å². The summed E-state index contributed by atoms with van der Waals surface area (Å²) < 4.78 is 36.9. The predicted octanol–water partition coefficient (Wildman–Crippen LogP) is 17.0. The van der Waals surface area contributed by atoms with E-state index in [2.05, 4.69) is 34.6 Å². The molecule has 0 bridgehead atoms. The van der Waals surface area contributed by atoms with Crippen molar-refractivity contribution in [3.63, 3.8) is 0 Å². The van der Waals surface area contributed by atoms with Crippen LogP contribution in [0, 0.1) is 41.0 Å². The number of rotatable bonds is 0. The van der Waals surface area contributed by atoms with Gasteiger partial charge >= 0.3 is 268 Å². The molecule has 1 spiro atoms. The predicted molar refractivity (Wildman–Crippen MR) is 228 cm³/mol. The van der Waals surface area contributed by atoms with Crippen molar-refractivity contribution in [1.29, 1.82) is 0 Å². The molecule has 4 aliphatic rings. The Balaban J connectivity index is 0.000000259. The second-order valence-electron chi connectivity index (χ2n) is 12.3. The van der Waals surface area contributed by atoms with Gasteiger partial charge in [0.05, 0.1) is 6.42 Å². The number of carbonyl (C=O) groups is 1. The minimum absolute atomic E-state index is 0. The molecule has 0 aromatic heterocycles. The molecule has 0 saturated heterocycles. The van der Waals surface area contributed by atoms with E-state index in [-0.39, 0.29) is 121 Å². The van der Waals surface area contributed by atoms with Crippen molar-refractivity contribution in [2.45, 2.75) is 41.5 Å². The van der Waals surface area contributed by atoms with E-state index in [0.717, 1.165) is 5.57 Å². The molecule has 8 rings (SSSR count). The first-order valence-corrected chi connectivity index (χ1v) is 22.1. The van der Waals surface area contributed by atoms with Gasteiger partial charge in [-0.25, -0.2) is 0 Å². The fourth-order valence-corrected chi connectivity index (χ4v) is 12.5. The smallest absolute Gasteiger partial charge is 0 e. The summed E-state index contributed by atoms with van der Waals surface area (Å²) in [5.41, 5.74) is 8.15. The maximum atomic E-state index is 10.6. The Morgan fingerprint density at radius 3 is 0.857 bits per heavy atom. The van der Waals surface area contributed by atoms with Crippen LogP contribution in [-0.2, 0) is 24.9 Å². The van der Waals surface area contributed by atoms with Crippen LogP contribution in [0.25, 0.3) is 0 Å². The maximum Gasteiger partial charge on any atom is 0 e. The van der Waals surface area contributed by atoms with E-state index in [1.165, 1.54) is 27.8 Å². The number of hydrogen-bond acceptors (Lipinski definition) is 7. The number of ketones is 1. The summed E-state index contributed by atoms with van der Waals surface area (Å²) in [7, 11) is -6.81. The molecule has 0 unspecified atom stereocenters. The van der Waals surface area contributed by atoms with Crippen LogP contribution in [0.1, 0.15) is 34.7 Å². The molecular weight excluding hydrogens is 1180 g/mol. The Morgan fingerprint density at radius 1 is 0.446 bits per heavy atom. The van der Waals surface area contributed by atoms with Gasteiger partial charge in [0.1, 0.15) is 0 Å². The molecule has 0 amide bonds. The molecule has 21 heteroatoms. The number of carbonyl (C=O) groups excluding carboxylic acids is 1. The zero-order valence-electron chi connectivity index (χ0n) is 29.0. The van der Waals surface area contributed by atoms with Crippen LogP contribution in [0.2, 0.25) is 60.3 Å². The first kappa shape index (κ1) is 46.6. The van der Waals surface area contributed by atoms with Gasteiger partial charge in [-0.1, -0.05) is 52.8 Å². The SMILES string of the molecule is CC1=CC=C[CH]C1=O.Cc1c(C)c(C)[c-](C)c1C.Clc1c(Cl)c(Cl)c2c(c1Cl)O[P-]13(O2)(Oc2c(Cl)c(Cl)c(Cl)c(Cl)c2O1)Oc1c(Cl)c(Cl)c(Cl)c(Cl)c1O3.[Ir]. The third kappa shape index (κ3) is 7.07. The number of hydrogen-bond donors (Lipinski definition) is 0. The Morgan fingerprint density at radius 2 is 0.696 bits per heavy atom. The molecule has 56 heavy (non-hydrogen) atoms. The summed E-state index contributed by atoms with van der Waals surface area (Å²) in [6.07, 6.45) is 6.98. The molecule has 0 N–H and O–H groups in total. The number of fused-ring (bicyclic) bond motifs is 3. The van der Waals surface area contributed by atoms with Crippen LogP contribution in [0.3, 0.4) is 0 Å². The largest absolute Gasteiger partial charge is 0 e. The van der Waals surface area contributed by atoms with Crippen LogP contribution >= 0.6 is 147 Å². The molecular formula is C35H22Cl12IrO7P-2. The number of halogens is 12. The topological polar surface area (TPSA) is 72.5 Å². The van der Waals surface area contributed by atoms with Gasteiger partial charge in [-0.15, -0.1) is 0 Å². The molecule has 0 fully saturated rings. The fourth-order valence-electron chi connectivity index (χ4n) is 5.62. The Labute approximate surface area is 394 Å². The third-order valence-corrected chi connectivity index (χ3v) is 17.8. The molecule has 2 radical (unpaired) electrons. The van der Waals surface area contributed by atoms with Gasteiger partial charge in [0, 0.05) is 20.1 Å². The van der Waals surface area contributed by atoms with Crippen molar-refractivity contribution in [3.05, 3.63) is 118 Å². The van der Waals surface area contributed by atoms with Crippen molar-refractivity contribution in [1.82, 2.24) is 0 Å². The van der Waals surface area contributed by atoms with Gasteiger partial charge in [-0.2, -0.15) is 27.8 Å². The average molecular weight is 1200 g/mol. The molecule has 4 aromatic carbocycles. The first-order valence-electron chi connectivity index (χ1n) is 15.4. The van der Waals surface area contributed by atoms with Crippen LogP contribution in [0.15, 0.2) is 23.8 Å². The second kappa shape index (κ2) is 15.8. The van der Waals surface area contributed by atoms with Gasteiger partial charge < -0.3 is 0 Å². The van der Waals surface area contributed by atoms with Crippen LogP contribution in [0.4, 0.5) is 0 Å². The third-order valence-electron chi connectivity index (χ3n) is 9.12. The minimum atomic E-state index is -6.81. The monoisotopic (exact) mass is 1200 g/mol. The van der Waals surface area contributed by atoms with Gasteiger partial charge in [-0.05, 0) is 12.5 Å². The quantitative estimate of drug-likeness (QED) is 0.0752. The molecule has 1 aliphatic carbocycles. The zero-order chi connectivity index (χ0) is 40.9. The number of allylic oxidation sites excluding steroid dienone is 4. The Kier molecular flexibility index (Phi) is 13.1. The minimum Gasteiger partial charge on any atom is 0 e. The summed E-state index contributed by atoms with van der Waals surface area (Å²) in [5.74, 6) is -2.01. The molecule has 0 atom stereocenters. The molecule has 3 aliphatic heterocycles. The van der Waals surface area contributed by atoms with E-state index in [4.69, 9.17) is 166 Å². The van der Waals surface area contributed by atoms with Gasteiger partial charge in [0.25, 0.3) is 0 Å². The summed E-state index contributed by atoms with van der Waals surface area (Å²) in [6, 6.07) is 0. The molecule has 0 saturated carbocycles. The van der Waals surface area contributed by atoms with E-state index >= 15 is 0 Å². The van der Waals surface area contributed by atoms with E-state index in [1.807, 2.05) is 19.1 Å². The maximum absolute atomic E-state index is 10.6. The van der Waals surface area contributed by atoms with E-state index in [1.54, 1.807) is 12.5 Å². The number of benzene rings is 3.